The third kappa shape index (κ3) is 1.76. The molecule has 3 heteroatoms. The van der Waals surface area contributed by atoms with Crippen LogP contribution in [-0.4, -0.2) is 0 Å². The van der Waals surface area contributed by atoms with E-state index in [1.54, 1.807) is 11.3 Å². The lowest BCUT2D eigenvalue weighted by atomic mass is 10.2. The van der Waals surface area contributed by atoms with Crippen LogP contribution in [0.25, 0.3) is 10.1 Å². The number of benzene rings is 1. The number of alkyl halides is 1. The maximum atomic E-state index is 6.09. The fraction of sp³-hybridized carbons (Fsp3) is 0.200. The van der Waals surface area contributed by atoms with Gasteiger partial charge in [0, 0.05) is 19.9 Å². The van der Waals surface area contributed by atoms with Gasteiger partial charge in [0.25, 0.3) is 0 Å². The first-order valence-corrected chi connectivity index (χ1v) is 6.27. The predicted molar refractivity (Wildman–Crippen MR) is 64.2 cm³/mol. The summed E-state index contributed by atoms with van der Waals surface area (Å²) in [5, 5.41) is 2.96. The Morgan fingerprint density at radius 3 is 2.85 bits per heavy atom. The molecule has 2 aromatic rings. The molecule has 1 heterocycles. The number of aryl methyl sites for hydroxylation is 1. The first kappa shape index (κ1) is 9.50. The highest BCUT2D eigenvalue weighted by Gasteiger charge is 2.04. The van der Waals surface area contributed by atoms with Crippen molar-refractivity contribution in [3.05, 3.63) is 33.7 Å². The summed E-state index contributed by atoms with van der Waals surface area (Å²) in [4.78, 5) is 1.33. The molecule has 1 aromatic carbocycles. The van der Waals surface area contributed by atoms with Crippen LogP contribution in [0.5, 0.6) is 0 Å². The van der Waals surface area contributed by atoms with Crippen LogP contribution in [0, 0.1) is 6.92 Å². The third-order valence-corrected chi connectivity index (χ3v) is 3.92. The molecule has 0 aliphatic carbocycles. The Bertz CT molecular complexity index is 447. The molecule has 0 atom stereocenters. The molecule has 0 radical (unpaired) electrons. The number of rotatable bonds is 1. The summed E-state index contributed by atoms with van der Waals surface area (Å²) in [7, 11) is 0. The molecule has 0 aliphatic rings. The second-order valence-corrected chi connectivity index (χ2v) is 5.23. The molecule has 0 amide bonds. The molecule has 0 spiro atoms. The van der Waals surface area contributed by atoms with E-state index in [1.165, 1.54) is 15.0 Å². The van der Waals surface area contributed by atoms with Crippen molar-refractivity contribution >= 4 is 49.0 Å². The van der Waals surface area contributed by atoms with Crippen molar-refractivity contribution in [2.24, 2.45) is 0 Å². The lowest BCUT2D eigenvalue weighted by Crippen LogP contribution is -1.77. The Hall–Kier alpha value is -0.0500. The molecule has 0 saturated heterocycles. The van der Waals surface area contributed by atoms with Crippen molar-refractivity contribution in [3.63, 3.8) is 0 Å². The van der Waals surface area contributed by atoms with Crippen LogP contribution in [0.2, 0.25) is 5.02 Å². The highest BCUT2D eigenvalue weighted by atomic mass is 79.9. The topological polar surface area (TPSA) is 0 Å². The minimum absolute atomic E-state index is 0.816. The van der Waals surface area contributed by atoms with E-state index in [0.717, 1.165) is 15.9 Å². The average molecular weight is 276 g/mol. The molecular weight excluding hydrogens is 268 g/mol. The van der Waals surface area contributed by atoms with Gasteiger partial charge >= 0.3 is 0 Å². The Balaban J connectivity index is 2.72. The maximum Gasteiger partial charge on any atom is 0.0460 e. The van der Waals surface area contributed by atoms with E-state index in [-0.39, 0.29) is 0 Å². The van der Waals surface area contributed by atoms with E-state index < -0.39 is 0 Å². The van der Waals surface area contributed by atoms with E-state index in [0.29, 0.717) is 0 Å². The van der Waals surface area contributed by atoms with E-state index in [1.807, 2.05) is 6.07 Å². The van der Waals surface area contributed by atoms with Crippen molar-refractivity contribution in [2.45, 2.75) is 12.3 Å². The van der Waals surface area contributed by atoms with E-state index in [4.69, 9.17) is 11.6 Å². The zero-order valence-electron chi connectivity index (χ0n) is 7.10. The summed E-state index contributed by atoms with van der Waals surface area (Å²) in [6, 6.07) is 6.39. The zero-order valence-corrected chi connectivity index (χ0v) is 10.3. The Morgan fingerprint density at radius 2 is 2.15 bits per heavy atom. The molecule has 0 fully saturated rings. The third-order valence-electron chi connectivity index (χ3n) is 1.95. The molecule has 13 heavy (non-hydrogen) atoms. The molecule has 1 aromatic heterocycles. The summed E-state index contributed by atoms with van der Waals surface area (Å²) in [5.74, 6) is 0. The number of fused-ring (bicyclic) bond motifs is 1. The molecule has 0 saturated carbocycles. The second-order valence-electron chi connectivity index (χ2n) is 2.97. The van der Waals surface area contributed by atoms with Crippen LogP contribution in [0.4, 0.5) is 0 Å². The fourth-order valence-electron chi connectivity index (χ4n) is 1.34. The molecule has 0 bridgehead atoms. The number of halogens is 2. The molecule has 0 nitrogen and oxygen atoms in total. The Kier molecular flexibility index (Phi) is 2.63. The largest absolute Gasteiger partial charge is 0.141 e. The normalized spacial score (nSPS) is 11.0. The maximum absolute atomic E-state index is 6.09. The van der Waals surface area contributed by atoms with Crippen LogP contribution in [0.15, 0.2) is 18.2 Å². The van der Waals surface area contributed by atoms with Gasteiger partial charge in [0.1, 0.15) is 0 Å². The standard InChI is InChI=1S/C10H8BrClS/c1-6-2-7-3-8(5-11)9(12)4-10(7)13-6/h2-4H,5H2,1H3. The van der Waals surface area contributed by atoms with Crippen molar-refractivity contribution in [3.8, 4) is 0 Å². The summed E-state index contributed by atoms with van der Waals surface area (Å²) in [6.45, 7) is 2.12. The van der Waals surface area contributed by atoms with Gasteiger partial charge in [-0.2, -0.15) is 0 Å². The van der Waals surface area contributed by atoms with Gasteiger partial charge in [0.05, 0.1) is 0 Å². The Labute approximate surface area is 94.7 Å². The van der Waals surface area contributed by atoms with E-state index >= 15 is 0 Å². The van der Waals surface area contributed by atoms with Crippen LogP contribution in [0.3, 0.4) is 0 Å². The summed E-state index contributed by atoms with van der Waals surface area (Å²) in [6.07, 6.45) is 0. The van der Waals surface area contributed by atoms with Crippen LogP contribution in [-0.2, 0) is 5.33 Å². The Morgan fingerprint density at radius 1 is 1.38 bits per heavy atom. The van der Waals surface area contributed by atoms with E-state index in [2.05, 4.69) is 35.0 Å². The fourth-order valence-corrected chi connectivity index (χ4v) is 3.21. The highest BCUT2D eigenvalue weighted by molar-refractivity contribution is 9.08. The van der Waals surface area contributed by atoms with Gasteiger partial charge < -0.3 is 0 Å². The summed E-state index contributed by atoms with van der Waals surface area (Å²) < 4.78 is 1.27. The highest BCUT2D eigenvalue weighted by Crippen LogP contribution is 2.31. The molecule has 0 aliphatic heterocycles. The van der Waals surface area contributed by atoms with Crippen LogP contribution < -0.4 is 0 Å². The first-order valence-electron chi connectivity index (χ1n) is 3.95. The summed E-state index contributed by atoms with van der Waals surface area (Å²) in [5.41, 5.74) is 1.16. The van der Waals surface area contributed by atoms with Crippen molar-refractivity contribution in [1.29, 1.82) is 0 Å². The van der Waals surface area contributed by atoms with Gasteiger partial charge in [-0.15, -0.1) is 11.3 Å². The molecule has 2 rings (SSSR count). The SMILES string of the molecule is Cc1cc2cc(CBr)c(Cl)cc2s1. The lowest BCUT2D eigenvalue weighted by Gasteiger charge is -1.99. The number of thiophene rings is 1. The first-order chi connectivity index (χ1) is 6.20. The van der Waals surface area contributed by atoms with Gasteiger partial charge in [0.15, 0.2) is 0 Å². The number of hydrogen-bond acceptors (Lipinski definition) is 1. The lowest BCUT2D eigenvalue weighted by molar-refractivity contribution is 1.47. The van der Waals surface area contributed by atoms with Gasteiger partial charge in [-0.3, -0.25) is 0 Å². The van der Waals surface area contributed by atoms with Gasteiger partial charge in [-0.05, 0) is 36.1 Å². The van der Waals surface area contributed by atoms with E-state index in [9.17, 15) is 0 Å². The van der Waals surface area contributed by atoms with Gasteiger partial charge in [-0.1, -0.05) is 27.5 Å². The number of hydrogen-bond donors (Lipinski definition) is 0. The predicted octanol–water partition coefficient (Wildman–Crippen LogP) is 4.76. The van der Waals surface area contributed by atoms with Crippen LogP contribution >= 0.6 is 38.9 Å². The smallest absolute Gasteiger partial charge is 0.0460 e. The second kappa shape index (κ2) is 3.60. The monoisotopic (exact) mass is 274 g/mol. The molecule has 68 valence electrons. The summed E-state index contributed by atoms with van der Waals surface area (Å²) >= 11 is 11.3. The zero-order chi connectivity index (χ0) is 9.42. The molecule has 0 N–H and O–H groups in total. The van der Waals surface area contributed by atoms with Gasteiger partial charge in [-0.25, -0.2) is 0 Å². The average Bonchev–Trinajstić information content (AvgIpc) is 2.42. The van der Waals surface area contributed by atoms with Crippen molar-refractivity contribution < 1.29 is 0 Å². The minimum Gasteiger partial charge on any atom is -0.141 e. The van der Waals surface area contributed by atoms with Crippen molar-refractivity contribution in [2.75, 3.05) is 0 Å². The van der Waals surface area contributed by atoms with Gasteiger partial charge in [0.2, 0.25) is 0 Å². The van der Waals surface area contributed by atoms with Crippen LogP contribution in [0.1, 0.15) is 10.4 Å². The quantitative estimate of drug-likeness (QED) is 0.658. The molecular formula is C10H8BrClS. The van der Waals surface area contributed by atoms with Crippen molar-refractivity contribution in [1.82, 2.24) is 0 Å². The molecule has 0 unspecified atom stereocenters. The minimum atomic E-state index is 0.816.